The Morgan fingerprint density at radius 2 is 1.93 bits per heavy atom. The van der Waals surface area contributed by atoms with Crippen LogP contribution in [0, 0.1) is 19.7 Å². The molecule has 1 N–H and O–H groups in total. The molecule has 3 aromatic rings. The van der Waals surface area contributed by atoms with Gasteiger partial charge in [0.2, 0.25) is 5.91 Å². The van der Waals surface area contributed by atoms with Crippen LogP contribution in [0.1, 0.15) is 17.0 Å². The number of hydrogen-bond donors (Lipinski definition) is 1. The van der Waals surface area contributed by atoms with E-state index in [0.717, 1.165) is 16.8 Å². The van der Waals surface area contributed by atoms with Crippen molar-refractivity contribution in [2.45, 2.75) is 25.6 Å². The van der Waals surface area contributed by atoms with Crippen LogP contribution in [0.4, 0.5) is 10.1 Å². The number of ether oxygens (including phenoxy) is 1. The minimum Gasteiger partial charge on any atom is -0.486 e. The maximum Gasteiger partial charge on any atom is 0.234 e. The largest absolute Gasteiger partial charge is 0.486 e. The number of thioether (sulfide) groups is 1. The van der Waals surface area contributed by atoms with Crippen LogP contribution < -0.4 is 10.1 Å². The molecule has 0 bridgehead atoms. The van der Waals surface area contributed by atoms with Crippen LogP contribution >= 0.6 is 11.8 Å². The van der Waals surface area contributed by atoms with Crippen molar-refractivity contribution in [3.8, 4) is 5.75 Å². The predicted octanol–water partition coefficient (Wildman–Crippen LogP) is 3.88. The monoisotopic (exact) mass is 400 g/mol. The lowest BCUT2D eigenvalue weighted by Gasteiger charge is -2.09. The Bertz CT molecular complexity index is 973. The minimum atomic E-state index is -0.316. The first-order valence-corrected chi connectivity index (χ1v) is 9.67. The van der Waals surface area contributed by atoms with Gasteiger partial charge in [0.15, 0.2) is 11.0 Å². The molecule has 0 atom stereocenters. The molecule has 6 nitrogen and oxygen atoms in total. The Kier molecular flexibility index (Phi) is 6.30. The Morgan fingerprint density at radius 1 is 1.18 bits per heavy atom. The van der Waals surface area contributed by atoms with E-state index in [4.69, 9.17) is 4.74 Å². The number of hydrogen-bond acceptors (Lipinski definition) is 5. The highest BCUT2D eigenvalue weighted by Crippen LogP contribution is 2.20. The molecule has 0 aliphatic rings. The van der Waals surface area contributed by atoms with Gasteiger partial charge in [0.05, 0.1) is 5.75 Å². The van der Waals surface area contributed by atoms with Gasteiger partial charge in [0, 0.05) is 12.7 Å². The maximum atomic E-state index is 12.9. The molecule has 0 fully saturated rings. The van der Waals surface area contributed by atoms with E-state index < -0.39 is 0 Å². The summed E-state index contributed by atoms with van der Waals surface area (Å²) in [5.41, 5.74) is 2.92. The van der Waals surface area contributed by atoms with Gasteiger partial charge in [-0.15, -0.1) is 10.2 Å². The number of anilines is 1. The van der Waals surface area contributed by atoms with Gasteiger partial charge in [-0.25, -0.2) is 4.39 Å². The summed E-state index contributed by atoms with van der Waals surface area (Å²) in [7, 11) is 1.81. The standard InChI is InChI=1S/C20H21FN4O2S/c1-13-4-5-14(2)17(10-13)22-19(26)12-28-20-24-23-18(25(20)3)11-27-16-8-6-15(21)7-9-16/h4-10H,11-12H2,1-3H3,(H,22,26). The van der Waals surface area contributed by atoms with E-state index in [-0.39, 0.29) is 24.1 Å². The SMILES string of the molecule is Cc1ccc(C)c(NC(=O)CSc2nnc(COc3ccc(F)cc3)n2C)c1. The van der Waals surface area contributed by atoms with Crippen LogP contribution in [-0.2, 0) is 18.4 Å². The molecule has 0 radical (unpaired) electrons. The summed E-state index contributed by atoms with van der Waals surface area (Å²) in [4.78, 5) is 12.3. The zero-order valence-electron chi connectivity index (χ0n) is 15.9. The summed E-state index contributed by atoms with van der Waals surface area (Å²) in [6.45, 7) is 4.14. The van der Waals surface area contributed by atoms with Gasteiger partial charge < -0.3 is 14.6 Å². The fourth-order valence-corrected chi connectivity index (χ4v) is 3.19. The molecule has 1 aromatic heterocycles. The molecular weight excluding hydrogens is 379 g/mol. The second-order valence-corrected chi connectivity index (χ2v) is 7.30. The number of amides is 1. The van der Waals surface area contributed by atoms with Crippen molar-refractivity contribution < 1.29 is 13.9 Å². The van der Waals surface area contributed by atoms with Crippen LogP contribution in [-0.4, -0.2) is 26.4 Å². The molecule has 8 heteroatoms. The highest BCUT2D eigenvalue weighted by atomic mass is 32.2. The average molecular weight is 400 g/mol. The quantitative estimate of drug-likeness (QED) is 0.610. The number of nitrogens with one attached hydrogen (secondary N) is 1. The van der Waals surface area contributed by atoms with Crippen molar-refractivity contribution in [1.82, 2.24) is 14.8 Å². The molecule has 2 aromatic carbocycles. The van der Waals surface area contributed by atoms with Gasteiger partial charge in [0.1, 0.15) is 18.2 Å². The number of carbonyl (C=O) groups excluding carboxylic acids is 1. The molecule has 0 aliphatic carbocycles. The van der Waals surface area contributed by atoms with Gasteiger partial charge in [-0.05, 0) is 55.3 Å². The first-order chi connectivity index (χ1) is 13.4. The molecule has 0 aliphatic heterocycles. The van der Waals surface area contributed by atoms with Crippen molar-refractivity contribution >= 4 is 23.4 Å². The lowest BCUT2D eigenvalue weighted by atomic mass is 10.1. The molecule has 3 rings (SSSR count). The summed E-state index contributed by atoms with van der Waals surface area (Å²) >= 11 is 1.30. The number of carbonyl (C=O) groups is 1. The summed E-state index contributed by atoms with van der Waals surface area (Å²) in [5.74, 6) is 0.959. The Labute approximate surface area is 167 Å². The van der Waals surface area contributed by atoms with Crippen molar-refractivity contribution in [1.29, 1.82) is 0 Å². The highest BCUT2D eigenvalue weighted by molar-refractivity contribution is 7.99. The third-order valence-electron chi connectivity index (χ3n) is 4.11. The van der Waals surface area contributed by atoms with Crippen LogP contribution in [0.3, 0.4) is 0 Å². The molecule has 146 valence electrons. The van der Waals surface area contributed by atoms with Gasteiger partial charge in [-0.3, -0.25) is 4.79 Å². The maximum absolute atomic E-state index is 12.9. The summed E-state index contributed by atoms with van der Waals surface area (Å²) in [6.07, 6.45) is 0. The number of halogens is 1. The van der Waals surface area contributed by atoms with E-state index in [9.17, 15) is 9.18 Å². The van der Waals surface area contributed by atoms with E-state index in [1.54, 1.807) is 16.7 Å². The van der Waals surface area contributed by atoms with E-state index >= 15 is 0 Å². The van der Waals surface area contributed by atoms with Gasteiger partial charge in [-0.2, -0.15) is 0 Å². The molecule has 0 saturated carbocycles. The Balaban J connectivity index is 1.54. The fourth-order valence-electron chi connectivity index (χ4n) is 2.46. The molecule has 0 unspecified atom stereocenters. The first kappa shape index (κ1) is 19.9. The third-order valence-corrected chi connectivity index (χ3v) is 5.13. The van der Waals surface area contributed by atoms with E-state index in [0.29, 0.717) is 16.7 Å². The third kappa shape index (κ3) is 5.10. The zero-order valence-corrected chi connectivity index (χ0v) is 16.7. The van der Waals surface area contributed by atoms with Crippen LogP contribution in [0.2, 0.25) is 0 Å². The molecule has 0 spiro atoms. The van der Waals surface area contributed by atoms with Crippen molar-refractivity contribution in [2.24, 2.45) is 7.05 Å². The topological polar surface area (TPSA) is 69.0 Å². The lowest BCUT2D eigenvalue weighted by molar-refractivity contribution is -0.113. The number of aromatic nitrogens is 3. The van der Waals surface area contributed by atoms with Gasteiger partial charge in [0.25, 0.3) is 0 Å². The number of nitrogens with zero attached hydrogens (tertiary/aromatic N) is 3. The number of benzene rings is 2. The van der Waals surface area contributed by atoms with E-state index in [1.807, 2.05) is 39.1 Å². The normalized spacial score (nSPS) is 10.7. The lowest BCUT2D eigenvalue weighted by Crippen LogP contribution is -2.15. The minimum absolute atomic E-state index is 0.106. The number of aryl methyl sites for hydroxylation is 2. The van der Waals surface area contributed by atoms with Crippen LogP contribution in [0.5, 0.6) is 5.75 Å². The molecule has 28 heavy (non-hydrogen) atoms. The molecule has 0 saturated heterocycles. The summed E-state index contributed by atoms with van der Waals surface area (Å²) in [5, 5.41) is 11.8. The molecule has 1 heterocycles. The second-order valence-electron chi connectivity index (χ2n) is 6.36. The Morgan fingerprint density at radius 3 is 2.68 bits per heavy atom. The molecule has 1 amide bonds. The van der Waals surface area contributed by atoms with Crippen LogP contribution in [0.25, 0.3) is 0 Å². The Hall–Kier alpha value is -2.87. The number of rotatable bonds is 7. The smallest absolute Gasteiger partial charge is 0.234 e. The van der Waals surface area contributed by atoms with E-state index in [2.05, 4.69) is 15.5 Å². The van der Waals surface area contributed by atoms with Gasteiger partial charge in [-0.1, -0.05) is 23.9 Å². The first-order valence-electron chi connectivity index (χ1n) is 8.69. The summed E-state index contributed by atoms with van der Waals surface area (Å²) < 4.78 is 20.3. The van der Waals surface area contributed by atoms with Crippen LogP contribution in [0.15, 0.2) is 47.6 Å². The van der Waals surface area contributed by atoms with E-state index in [1.165, 1.54) is 23.9 Å². The van der Waals surface area contributed by atoms with Crippen molar-refractivity contribution in [3.63, 3.8) is 0 Å². The average Bonchev–Trinajstić information content (AvgIpc) is 3.02. The predicted molar refractivity (Wildman–Crippen MR) is 107 cm³/mol. The van der Waals surface area contributed by atoms with Gasteiger partial charge >= 0.3 is 0 Å². The van der Waals surface area contributed by atoms with Crippen molar-refractivity contribution in [3.05, 3.63) is 65.2 Å². The second kappa shape index (κ2) is 8.88. The van der Waals surface area contributed by atoms with Crippen molar-refractivity contribution in [2.75, 3.05) is 11.1 Å². The molecular formula is C20H21FN4O2S. The fraction of sp³-hybridized carbons (Fsp3) is 0.250. The highest BCUT2D eigenvalue weighted by Gasteiger charge is 2.13. The summed E-state index contributed by atoms with van der Waals surface area (Å²) in [6, 6.07) is 11.7. The zero-order chi connectivity index (χ0) is 20.1.